The average Bonchev–Trinajstić information content (AvgIpc) is 2.63. The molecule has 0 radical (unpaired) electrons. The molecule has 104 valence electrons. The molecule has 5 nitrogen and oxygen atoms in total. The number of carbonyl (C=O) groups excluding carboxylic acids is 1. The van der Waals surface area contributed by atoms with E-state index >= 15 is 0 Å². The van der Waals surface area contributed by atoms with Gasteiger partial charge in [0, 0.05) is 12.3 Å². The molecule has 3 N–H and O–H groups in total. The molecule has 1 aliphatic rings. The van der Waals surface area contributed by atoms with E-state index in [1.54, 1.807) is 6.92 Å². The van der Waals surface area contributed by atoms with E-state index in [1.807, 2.05) is 0 Å². The molecule has 1 aliphatic carbocycles. The Hall–Kier alpha value is -0.690. The average molecular weight is 292 g/mol. The molecule has 7 heteroatoms. The summed E-state index contributed by atoms with van der Waals surface area (Å²) < 4.78 is 22.3. The van der Waals surface area contributed by atoms with Crippen LogP contribution in [0, 0.1) is 5.41 Å². The fourth-order valence-corrected chi connectivity index (χ4v) is 3.71. The molecule has 1 atom stereocenters. The lowest BCUT2D eigenvalue weighted by molar-refractivity contribution is -0.127. The van der Waals surface area contributed by atoms with Crippen LogP contribution in [0.5, 0.6) is 0 Å². The summed E-state index contributed by atoms with van der Waals surface area (Å²) in [7, 11) is -3.11. The number of amides is 1. The van der Waals surface area contributed by atoms with E-state index in [1.165, 1.54) is 0 Å². The van der Waals surface area contributed by atoms with Crippen molar-refractivity contribution in [2.45, 2.75) is 38.6 Å². The second-order valence-electron chi connectivity index (χ2n) is 5.12. The van der Waals surface area contributed by atoms with Gasteiger partial charge in [0.2, 0.25) is 5.91 Å². The highest BCUT2D eigenvalue weighted by Crippen LogP contribution is 2.38. The van der Waals surface area contributed by atoms with Gasteiger partial charge in [-0.05, 0) is 19.8 Å². The smallest absolute Gasteiger partial charge is 0.233 e. The van der Waals surface area contributed by atoms with Crippen LogP contribution in [-0.2, 0) is 14.6 Å². The summed E-state index contributed by atoms with van der Waals surface area (Å²) in [6.45, 7) is 1.67. The van der Waals surface area contributed by atoms with E-state index in [0.29, 0.717) is 12.8 Å². The molecule has 0 aromatic rings. The van der Waals surface area contributed by atoms with Gasteiger partial charge >= 0.3 is 0 Å². The molecular formula is C11H20N2O3S2. The summed E-state index contributed by atoms with van der Waals surface area (Å²) in [6.07, 6.45) is 4.30. The highest BCUT2D eigenvalue weighted by Gasteiger charge is 2.44. The quantitative estimate of drug-likeness (QED) is 0.715. The monoisotopic (exact) mass is 292 g/mol. The number of carbonyl (C=O) groups is 1. The van der Waals surface area contributed by atoms with Gasteiger partial charge in [-0.2, -0.15) is 0 Å². The SMILES string of the molecule is CC(CS(C)(=O)=O)NC(=O)C1(C(N)=S)CCCC1. The van der Waals surface area contributed by atoms with Crippen LogP contribution in [0.25, 0.3) is 0 Å². The van der Waals surface area contributed by atoms with E-state index in [9.17, 15) is 13.2 Å². The largest absolute Gasteiger partial charge is 0.392 e. The minimum absolute atomic E-state index is 0.0772. The van der Waals surface area contributed by atoms with Gasteiger partial charge in [-0.15, -0.1) is 0 Å². The molecule has 0 aromatic carbocycles. The first-order chi connectivity index (χ1) is 8.17. The van der Waals surface area contributed by atoms with Gasteiger partial charge in [0.1, 0.15) is 9.84 Å². The van der Waals surface area contributed by atoms with Crippen molar-refractivity contribution >= 4 is 33.0 Å². The lowest BCUT2D eigenvalue weighted by Crippen LogP contribution is -2.50. The van der Waals surface area contributed by atoms with E-state index in [0.717, 1.165) is 19.1 Å². The fraction of sp³-hybridized carbons (Fsp3) is 0.818. The maximum Gasteiger partial charge on any atom is 0.233 e. The second kappa shape index (κ2) is 5.52. The second-order valence-corrected chi connectivity index (χ2v) is 7.75. The Morgan fingerprint density at radius 3 is 2.33 bits per heavy atom. The van der Waals surface area contributed by atoms with Crippen LogP contribution in [0.3, 0.4) is 0 Å². The van der Waals surface area contributed by atoms with E-state index in [-0.39, 0.29) is 16.6 Å². The summed E-state index contributed by atoms with van der Waals surface area (Å²) in [6, 6.07) is -0.431. The molecule has 0 aliphatic heterocycles. The zero-order chi connectivity index (χ0) is 14.0. The zero-order valence-corrected chi connectivity index (χ0v) is 12.4. The summed E-state index contributed by atoms with van der Waals surface area (Å²) in [4.78, 5) is 12.4. The van der Waals surface area contributed by atoms with Crippen LogP contribution < -0.4 is 11.1 Å². The Kier molecular flexibility index (Phi) is 4.72. The first kappa shape index (κ1) is 15.4. The first-order valence-electron chi connectivity index (χ1n) is 5.96. The minimum Gasteiger partial charge on any atom is -0.392 e. The molecule has 1 rings (SSSR count). The predicted molar refractivity (Wildman–Crippen MR) is 75.0 cm³/mol. The lowest BCUT2D eigenvalue weighted by atomic mass is 9.85. The molecular weight excluding hydrogens is 272 g/mol. The zero-order valence-electron chi connectivity index (χ0n) is 10.7. The first-order valence-corrected chi connectivity index (χ1v) is 8.43. The Balaban J connectivity index is 2.72. The van der Waals surface area contributed by atoms with E-state index in [2.05, 4.69) is 5.32 Å². The maximum atomic E-state index is 12.2. The van der Waals surface area contributed by atoms with Crippen LogP contribution >= 0.6 is 12.2 Å². The molecule has 0 spiro atoms. The Labute approximate surface area is 113 Å². The van der Waals surface area contributed by atoms with Crippen LogP contribution in [0.1, 0.15) is 32.6 Å². The highest BCUT2D eigenvalue weighted by molar-refractivity contribution is 7.90. The van der Waals surface area contributed by atoms with Gasteiger partial charge in [-0.1, -0.05) is 25.1 Å². The number of rotatable bonds is 5. The third-order valence-corrected chi connectivity index (χ3v) is 4.79. The fourth-order valence-electron chi connectivity index (χ4n) is 2.42. The van der Waals surface area contributed by atoms with Crippen molar-refractivity contribution in [2.75, 3.05) is 12.0 Å². The van der Waals surface area contributed by atoms with Gasteiger partial charge in [0.25, 0.3) is 0 Å². The molecule has 1 saturated carbocycles. The van der Waals surface area contributed by atoms with Crippen molar-refractivity contribution in [3.63, 3.8) is 0 Å². The molecule has 0 saturated heterocycles. The van der Waals surface area contributed by atoms with Gasteiger partial charge in [0.15, 0.2) is 0 Å². The molecule has 0 heterocycles. The van der Waals surface area contributed by atoms with Gasteiger partial charge in [-0.25, -0.2) is 8.42 Å². The van der Waals surface area contributed by atoms with Crippen molar-refractivity contribution in [1.29, 1.82) is 0 Å². The number of thiocarbonyl (C=S) groups is 1. The molecule has 0 bridgehead atoms. The van der Waals surface area contributed by atoms with Crippen LogP contribution in [0.15, 0.2) is 0 Å². The summed E-state index contributed by atoms with van der Waals surface area (Å²) in [5.41, 5.74) is 4.91. The molecule has 1 amide bonds. The molecule has 18 heavy (non-hydrogen) atoms. The summed E-state index contributed by atoms with van der Waals surface area (Å²) in [5.74, 6) is -0.310. The summed E-state index contributed by atoms with van der Waals surface area (Å²) in [5, 5.41) is 2.71. The van der Waals surface area contributed by atoms with Crippen molar-refractivity contribution in [3.05, 3.63) is 0 Å². The number of nitrogens with two attached hydrogens (primary N) is 1. The Morgan fingerprint density at radius 1 is 1.44 bits per heavy atom. The standard InChI is InChI=1S/C11H20N2O3S2/c1-8(7-18(2,15)16)13-10(14)11(9(12)17)5-3-4-6-11/h8H,3-7H2,1-2H3,(H2,12,17)(H,13,14). The summed E-state index contributed by atoms with van der Waals surface area (Å²) >= 11 is 5.00. The van der Waals surface area contributed by atoms with Crippen molar-refractivity contribution < 1.29 is 13.2 Å². The van der Waals surface area contributed by atoms with Gasteiger partial charge in [0.05, 0.1) is 16.2 Å². The maximum absolute atomic E-state index is 12.2. The topological polar surface area (TPSA) is 89.3 Å². The number of sulfone groups is 1. The van der Waals surface area contributed by atoms with Crippen LogP contribution in [0.2, 0.25) is 0 Å². The predicted octanol–water partition coefficient (Wildman–Crippen LogP) is 0.382. The van der Waals surface area contributed by atoms with Crippen LogP contribution in [0.4, 0.5) is 0 Å². The van der Waals surface area contributed by atoms with Crippen molar-refractivity contribution in [3.8, 4) is 0 Å². The minimum atomic E-state index is -3.11. The van der Waals surface area contributed by atoms with Crippen molar-refractivity contribution in [1.82, 2.24) is 5.32 Å². The molecule has 1 fully saturated rings. The molecule has 0 aromatic heterocycles. The van der Waals surface area contributed by atoms with Crippen LogP contribution in [-0.4, -0.2) is 37.4 Å². The molecule has 1 unspecified atom stereocenters. The third-order valence-electron chi connectivity index (χ3n) is 3.29. The van der Waals surface area contributed by atoms with E-state index < -0.39 is 21.3 Å². The number of hydrogen-bond donors (Lipinski definition) is 2. The van der Waals surface area contributed by atoms with E-state index in [4.69, 9.17) is 18.0 Å². The van der Waals surface area contributed by atoms with Gasteiger partial charge in [-0.3, -0.25) is 4.79 Å². The lowest BCUT2D eigenvalue weighted by Gasteiger charge is -2.28. The van der Waals surface area contributed by atoms with Gasteiger partial charge < -0.3 is 11.1 Å². The number of nitrogens with one attached hydrogen (secondary N) is 1. The third kappa shape index (κ3) is 3.65. The Bertz CT molecular complexity index is 439. The Morgan fingerprint density at radius 2 is 1.94 bits per heavy atom. The number of hydrogen-bond acceptors (Lipinski definition) is 4. The van der Waals surface area contributed by atoms with Crippen molar-refractivity contribution in [2.24, 2.45) is 11.1 Å². The highest BCUT2D eigenvalue weighted by atomic mass is 32.2. The normalized spacial score (nSPS) is 20.3.